The monoisotopic (exact) mass is 376 g/mol. The van der Waals surface area contributed by atoms with Crippen LogP contribution in [0.1, 0.15) is 12.8 Å². The molecule has 1 saturated heterocycles. The zero-order valence-electron chi connectivity index (χ0n) is 16.1. The van der Waals surface area contributed by atoms with Crippen LogP contribution < -0.4 is 4.90 Å². The van der Waals surface area contributed by atoms with E-state index in [4.69, 9.17) is 9.47 Å². The average Bonchev–Trinajstić information content (AvgIpc) is 3.24. The lowest BCUT2D eigenvalue weighted by Gasteiger charge is -2.24. The number of fused-ring (bicyclic) bond motifs is 1. The van der Waals surface area contributed by atoms with Gasteiger partial charge in [-0.25, -0.2) is 14.8 Å². The van der Waals surface area contributed by atoms with Gasteiger partial charge < -0.3 is 18.9 Å². The zero-order valence-corrected chi connectivity index (χ0v) is 17.1. The molecule has 1 aliphatic rings. The summed E-state index contributed by atoms with van der Waals surface area (Å²) >= 11 is 0. The summed E-state index contributed by atoms with van der Waals surface area (Å²) < 4.78 is 12.8. The largest absolute Gasteiger partial charge is 0.467 e. The number of esters is 1. The van der Waals surface area contributed by atoms with Crippen LogP contribution >= 0.6 is 0 Å². The van der Waals surface area contributed by atoms with Gasteiger partial charge in [-0.2, -0.15) is 0 Å². The number of carbonyl (C=O) groups excluding carboxylic acids is 1. The Kier molecular flexibility index (Phi) is 5.62. The van der Waals surface area contributed by atoms with E-state index in [-0.39, 0.29) is 12.0 Å². The highest BCUT2D eigenvalue weighted by atomic mass is 28.3. The molecule has 3 heterocycles. The minimum atomic E-state index is -1.09. The van der Waals surface area contributed by atoms with Gasteiger partial charge in [0.2, 0.25) is 0 Å². The first-order chi connectivity index (χ1) is 12.4. The van der Waals surface area contributed by atoms with E-state index in [1.54, 1.807) is 6.33 Å². The highest BCUT2D eigenvalue weighted by Gasteiger charge is 2.33. The summed E-state index contributed by atoms with van der Waals surface area (Å²) in [4.78, 5) is 23.0. The summed E-state index contributed by atoms with van der Waals surface area (Å²) in [6, 6.07) is 2.87. The predicted octanol–water partition coefficient (Wildman–Crippen LogP) is 2.89. The fourth-order valence-electron chi connectivity index (χ4n) is 3.27. The Morgan fingerprint density at radius 3 is 2.88 bits per heavy atom. The summed E-state index contributed by atoms with van der Waals surface area (Å²) in [5.41, 5.74) is 0.832. The van der Waals surface area contributed by atoms with Crippen LogP contribution in [0.3, 0.4) is 0 Å². The molecule has 26 heavy (non-hydrogen) atoms. The van der Waals surface area contributed by atoms with Crippen LogP contribution in [-0.2, 0) is 21.0 Å². The number of anilines is 1. The van der Waals surface area contributed by atoms with E-state index in [0.29, 0.717) is 6.73 Å². The van der Waals surface area contributed by atoms with Crippen LogP contribution in [0.4, 0.5) is 5.82 Å². The summed E-state index contributed by atoms with van der Waals surface area (Å²) in [6.07, 6.45) is 5.27. The third-order valence-corrected chi connectivity index (χ3v) is 6.46. The molecule has 142 valence electrons. The first-order valence-electron chi connectivity index (χ1n) is 9.13. The van der Waals surface area contributed by atoms with Crippen molar-refractivity contribution in [3.63, 3.8) is 0 Å². The Morgan fingerprint density at radius 2 is 2.15 bits per heavy atom. The van der Waals surface area contributed by atoms with Crippen LogP contribution in [0.5, 0.6) is 0 Å². The number of carbonyl (C=O) groups is 1. The van der Waals surface area contributed by atoms with Gasteiger partial charge in [0.1, 0.15) is 30.6 Å². The molecular weight excluding hydrogens is 348 g/mol. The van der Waals surface area contributed by atoms with Crippen LogP contribution in [-0.4, -0.2) is 54.9 Å². The maximum atomic E-state index is 12.1. The Labute approximate surface area is 155 Å². The van der Waals surface area contributed by atoms with Crippen molar-refractivity contribution in [3.8, 4) is 0 Å². The highest BCUT2D eigenvalue weighted by Crippen LogP contribution is 2.30. The quantitative estimate of drug-likeness (QED) is 0.420. The van der Waals surface area contributed by atoms with Gasteiger partial charge in [-0.05, 0) is 25.0 Å². The van der Waals surface area contributed by atoms with Gasteiger partial charge >= 0.3 is 5.97 Å². The maximum absolute atomic E-state index is 12.1. The molecule has 0 aromatic carbocycles. The minimum Gasteiger partial charge on any atom is -0.467 e. The van der Waals surface area contributed by atoms with E-state index in [9.17, 15) is 4.79 Å². The molecule has 1 aliphatic heterocycles. The predicted molar refractivity (Wildman–Crippen MR) is 104 cm³/mol. The molecule has 0 N–H and O–H groups in total. The summed E-state index contributed by atoms with van der Waals surface area (Å²) in [5.74, 6) is 0.590. The molecule has 0 saturated carbocycles. The molecule has 2 aromatic heterocycles. The number of aromatic nitrogens is 3. The number of nitrogens with zero attached hydrogens (tertiary/aromatic N) is 4. The van der Waals surface area contributed by atoms with Gasteiger partial charge in [-0.3, -0.25) is 0 Å². The average molecular weight is 377 g/mol. The van der Waals surface area contributed by atoms with Crippen molar-refractivity contribution >= 4 is 30.9 Å². The van der Waals surface area contributed by atoms with Crippen LogP contribution in [0, 0.1) is 0 Å². The number of rotatable bonds is 7. The Hall–Kier alpha value is -1.93. The van der Waals surface area contributed by atoms with Crippen molar-refractivity contribution in [2.24, 2.45) is 0 Å². The highest BCUT2D eigenvalue weighted by molar-refractivity contribution is 6.76. The van der Waals surface area contributed by atoms with E-state index < -0.39 is 8.07 Å². The second-order valence-corrected chi connectivity index (χ2v) is 13.6. The second-order valence-electron chi connectivity index (χ2n) is 7.94. The fraction of sp³-hybridized carbons (Fsp3) is 0.611. The normalized spacial score (nSPS) is 17.8. The van der Waals surface area contributed by atoms with E-state index in [1.807, 2.05) is 21.7 Å². The second kappa shape index (κ2) is 7.75. The van der Waals surface area contributed by atoms with Gasteiger partial charge in [0.25, 0.3) is 0 Å². The van der Waals surface area contributed by atoms with Crippen molar-refractivity contribution < 1.29 is 14.3 Å². The van der Waals surface area contributed by atoms with Crippen molar-refractivity contribution in [3.05, 3.63) is 18.6 Å². The first kappa shape index (κ1) is 18.8. The molecule has 0 aliphatic carbocycles. The van der Waals surface area contributed by atoms with E-state index in [0.717, 1.165) is 48.9 Å². The third-order valence-electron chi connectivity index (χ3n) is 4.76. The smallest absolute Gasteiger partial charge is 0.328 e. The molecule has 0 bridgehead atoms. The Morgan fingerprint density at radius 1 is 1.35 bits per heavy atom. The lowest BCUT2D eigenvalue weighted by Crippen LogP contribution is -2.37. The molecule has 2 aromatic rings. The minimum absolute atomic E-state index is 0.205. The number of hydrogen-bond donors (Lipinski definition) is 0. The molecule has 1 fully saturated rings. The molecule has 0 radical (unpaired) electrons. The zero-order chi connectivity index (χ0) is 18.7. The van der Waals surface area contributed by atoms with Crippen molar-refractivity contribution in [2.45, 2.75) is 51.3 Å². The summed E-state index contributed by atoms with van der Waals surface area (Å²) in [7, 11) is 0.341. The molecule has 3 rings (SSSR count). The number of ether oxygens (including phenoxy) is 2. The van der Waals surface area contributed by atoms with E-state index >= 15 is 0 Å². The fourth-order valence-corrected chi connectivity index (χ4v) is 4.02. The molecular formula is C18H28N4O3Si. The van der Waals surface area contributed by atoms with E-state index in [1.165, 1.54) is 7.11 Å². The van der Waals surface area contributed by atoms with Gasteiger partial charge in [0.05, 0.1) is 12.5 Å². The standard InChI is InChI=1S/C18H28N4O3Si/c1-24-18(23)15-6-5-8-22(15)17-14-7-9-21(16(14)19-12-20-17)13-25-10-11-26(2,3)4/h7,9,12,15H,5-6,8,10-11,13H2,1-4H3. The van der Waals surface area contributed by atoms with Gasteiger partial charge in [-0.1, -0.05) is 19.6 Å². The molecule has 7 nitrogen and oxygen atoms in total. The molecule has 0 spiro atoms. The molecule has 0 amide bonds. The first-order valence-corrected chi connectivity index (χ1v) is 12.8. The third kappa shape index (κ3) is 4.07. The maximum Gasteiger partial charge on any atom is 0.328 e. The van der Waals surface area contributed by atoms with Crippen molar-refractivity contribution in [1.29, 1.82) is 0 Å². The van der Waals surface area contributed by atoms with Crippen LogP contribution in [0.15, 0.2) is 18.6 Å². The van der Waals surface area contributed by atoms with Crippen LogP contribution in [0.2, 0.25) is 25.7 Å². The molecule has 1 unspecified atom stereocenters. The topological polar surface area (TPSA) is 69.5 Å². The summed E-state index contributed by atoms with van der Waals surface area (Å²) in [6.45, 7) is 9.07. The summed E-state index contributed by atoms with van der Waals surface area (Å²) in [5, 5.41) is 0.942. The lowest BCUT2D eigenvalue weighted by molar-refractivity contribution is -0.141. The Bertz CT molecular complexity index is 771. The van der Waals surface area contributed by atoms with Gasteiger partial charge in [0.15, 0.2) is 0 Å². The Balaban J connectivity index is 1.77. The number of methoxy groups -OCH3 is 1. The SMILES string of the molecule is COC(=O)C1CCCN1c1ncnc2c1ccn2COCC[Si](C)(C)C. The van der Waals surface area contributed by atoms with Crippen molar-refractivity contribution in [2.75, 3.05) is 25.2 Å². The van der Waals surface area contributed by atoms with Crippen LogP contribution in [0.25, 0.3) is 11.0 Å². The molecule has 8 heteroatoms. The molecule has 1 atom stereocenters. The van der Waals surface area contributed by atoms with Gasteiger partial charge in [0, 0.05) is 27.4 Å². The number of hydrogen-bond acceptors (Lipinski definition) is 6. The van der Waals surface area contributed by atoms with Crippen molar-refractivity contribution in [1.82, 2.24) is 14.5 Å². The lowest BCUT2D eigenvalue weighted by atomic mass is 10.2. The van der Waals surface area contributed by atoms with E-state index in [2.05, 4.69) is 29.6 Å². The van der Waals surface area contributed by atoms with Gasteiger partial charge in [-0.15, -0.1) is 0 Å².